The van der Waals surface area contributed by atoms with Gasteiger partial charge in [0.05, 0.1) is 0 Å². The highest BCUT2D eigenvalue weighted by molar-refractivity contribution is 5.40. The minimum Gasteiger partial charge on any atom is -0.399 e. The summed E-state index contributed by atoms with van der Waals surface area (Å²) in [5.41, 5.74) is 7.98. The maximum Gasteiger partial charge on any atom is 0.0317 e. The lowest BCUT2D eigenvalue weighted by molar-refractivity contribution is 0.176. The van der Waals surface area contributed by atoms with Gasteiger partial charge in [-0.25, -0.2) is 0 Å². The zero-order valence-corrected chi connectivity index (χ0v) is 9.45. The largest absolute Gasteiger partial charge is 0.399 e. The fourth-order valence-electron chi connectivity index (χ4n) is 2.38. The Bertz CT molecular complexity index is 322. The SMILES string of the molecule is C[C@H]1CCCN(Cc2cccc(N)c2)C1. The molecule has 0 radical (unpaired) electrons. The topological polar surface area (TPSA) is 29.3 Å². The molecule has 82 valence electrons. The highest BCUT2D eigenvalue weighted by atomic mass is 15.1. The van der Waals surface area contributed by atoms with E-state index in [0.29, 0.717) is 0 Å². The Labute approximate surface area is 92.1 Å². The van der Waals surface area contributed by atoms with Gasteiger partial charge in [0.25, 0.3) is 0 Å². The van der Waals surface area contributed by atoms with Crippen molar-refractivity contribution in [3.63, 3.8) is 0 Å². The molecule has 2 rings (SSSR count). The minimum absolute atomic E-state index is 0.847. The van der Waals surface area contributed by atoms with Crippen LogP contribution in [0.1, 0.15) is 25.3 Å². The van der Waals surface area contributed by atoms with Crippen LogP contribution in [0.3, 0.4) is 0 Å². The Morgan fingerprint density at radius 1 is 1.47 bits per heavy atom. The van der Waals surface area contributed by atoms with E-state index in [4.69, 9.17) is 5.73 Å². The zero-order chi connectivity index (χ0) is 10.7. The lowest BCUT2D eigenvalue weighted by Crippen LogP contribution is -2.33. The summed E-state index contributed by atoms with van der Waals surface area (Å²) < 4.78 is 0. The van der Waals surface area contributed by atoms with Crippen LogP contribution in [-0.2, 0) is 6.54 Å². The number of hydrogen-bond acceptors (Lipinski definition) is 2. The Balaban J connectivity index is 1.96. The summed E-state index contributed by atoms with van der Waals surface area (Å²) in [6.07, 6.45) is 2.72. The first-order valence-electron chi connectivity index (χ1n) is 5.81. The van der Waals surface area contributed by atoms with Crippen molar-refractivity contribution < 1.29 is 0 Å². The van der Waals surface area contributed by atoms with Gasteiger partial charge in [-0.05, 0) is 43.0 Å². The first-order chi connectivity index (χ1) is 7.24. The molecule has 1 aliphatic rings. The Morgan fingerprint density at radius 2 is 2.33 bits per heavy atom. The third-order valence-corrected chi connectivity index (χ3v) is 3.10. The molecule has 2 N–H and O–H groups in total. The van der Waals surface area contributed by atoms with Gasteiger partial charge < -0.3 is 5.73 Å². The molecule has 0 saturated carbocycles. The molecule has 1 atom stereocenters. The molecule has 0 amide bonds. The summed E-state index contributed by atoms with van der Waals surface area (Å²) in [5, 5.41) is 0. The Kier molecular flexibility index (Phi) is 3.27. The van der Waals surface area contributed by atoms with Gasteiger partial charge in [-0.1, -0.05) is 19.1 Å². The number of hydrogen-bond donors (Lipinski definition) is 1. The van der Waals surface area contributed by atoms with Crippen LogP contribution in [0.25, 0.3) is 0 Å². The maximum absolute atomic E-state index is 5.77. The monoisotopic (exact) mass is 204 g/mol. The molecule has 15 heavy (non-hydrogen) atoms. The number of likely N-dealkylation sites (tertiary alicyclic amines) is 1. The van der Waals surface area contributed by atoms with Crippen molar-refractivity contribution in [2.75, 3.05) is 18.8 Å². The molecule has 1 aromatic rings. The third-order valence-electron chi connectivity index (χ3n) is 3.10. The van der Waals surface area contributed by atoms with E-state index in [2.05, 4.69) is 24.0 Å². The number of nitrogen functional groups attached to an aromatic ring is 1. The number of anilines is 1. The summed E-state index contributed by atoms with van der Waals surface area (Å²) in [7, 11) is 0. The molecule has 1 fully saturated rings. The summed E-state index contributed by atoms with van der Waals surface area (Å²) in [6, 6.07) is 8.23. The van der Waals surface area contributed by atoms with Crippen LogP contribution in [0.2, 0.25) is 0 Å². The van der Waals surface area contributed by atoms with Gasteiger partial charge >= 0.3 is 0 Å². The molecule has 2 heteroatoms. The standard InChI is InChI=1S/C13H20N2/c1-11-4-3-7-15(9-11)10-12-5-2-6-13(14)8-12/h2,5-6,8,11H,3-4,7,9-10,14H2,1H3/t11-/m0/s1. The van der Waals surface area contributed by atoms with Gasteiger partial charge in [-0.2, -0.15) is 0 Å². The number of piperidine rings is 1. The number of nitrogens with two attached hydrogens (primary N) is 1. The smallest absolute Gasteiger partial charge is 0.0317 e. The van der Waals surface area contributed by atoms with E-state index in [1.165, 1.54) is 31.5 Å². The van der Waals surface area contributed by atoms with Gasteiger partial charge in [-0.15, -0.1) is 0 Å². The van der Waals surface area contributed by atoms with E-state index in [9.17, 15) is 0 Å². The van der Waals surface area contributed by atoms with Gasteiger partial charge in [0, 0.05) is 18.8 Å². The van der Waals surface area contributed by atoms with Gasteiger partial charge in [0.15, 0.2) is 0 Å². The van der Waals surface area contributed by atoms with E-state index in [1.54, 1.807) is 0 Å². The summed E-state index contributed by atoms with van der Waals surface area (Å²) in [6.45, 7) is 5.86. The van der Waals surface area contributed by atoms with Crippen molar-refractivity contribution >= 4 is 5.69 Å². The molecule has 1 aliphatic heterocycles. The lowest BCUT2D eigenvalue weighted by Gasteiger charge is -2.30. The second kappa shape index (κ2) is 4.67. The average Bonchev–Trinajstić information content (AvgIpc) is 2.17. The predicted octanol–water partition coefficient (Wildman–Crippen LogP) is 2.50. The van der Waals surface area contributed by atoms with Crippen LogP contribution in [0.15, 0.2) is 24.3 Å². The first-order valence-corrected chi connectivity index (χ1v) is 5.81. The number of rotatable bonds is 2. The molecule has 0 bridgehead atoms. The van der Waals surface area contributed by atoms with E-state index in [1.807, 2.05) is 12.1 Å². The molecule has 1 saturated heterocycles. The van der Waals surface area contributed by atoms with Crippen LogP contribution in [0, 0.1) is 5.92 Å². The summed E-state index contributed by atoms with van der Waals surface area (Å²) >= 11 is 0. The van der Waals surface area contributed by atoms with Crippen LogP contribution < -0.4 is 5.73 Å². The quantitative estimate of drug-likeness (QED) is 0.750. The fourth-order valence-corrected chi connectivity index (χ4v) is 2.38. The molecule has 2 nitrogen and oxygen atoms in total. The molecule has 0 unspecified atom stereocenters. The highest BCUT2D eigenvalue weighted by Gasteiger charge is 2.15. The molecular weight excluding hydrogens is 184 g/mol. The second-order valence-corrected chi connectivity index (χ2v) is 4.73. The molecule has 0 spiro atoms. The van der Waals surface area contributed by atoms with Crippen molar-refractivity contribution in [1.29, 1.82) is 0 Å². The van der Waals surface area contributed by atoms with Crippen LogP contribution in [0.5, 0.6) is 0 Å². The van der Waals surface area contributed by atoms with Crippen molar-refractivity contribution in [2.45, 2.75) is 26.3 Å². The Hall–Kier alpha value is -1.02. The van der Waals surface area contributed by atoms with Crippen LogP contribution >= 0.6 is 0 Å². The third kappa shape index (κ3) is 2.96. The molecule has 0 aromatic heterocycles. The van der Waals surface area contributed by atoms with E-state index in [0.717, 1.165) is 18.2 Å². The highest BCUT2D eigenvalue weighted by Crippen LogP contribution is 2.18. The normalized spacial score (nSPS) is 22.9. The molecular formula is C13H20N2. The number of benzene rings is 1. The molecule has 1 aromatic carbocycles. The van der Waals surface area contributed by atoms with Crippen molar-refractivity contribution in [3.05, 3.63) is 29.8 Å². The van der Waals surface area contributed by atoms with Gasteiger partial charge in [0.1, 0.15) is 0 Å². The second-order valence-electron chi connectivity index (χ2n) is 4.73. The van der Waals surface area contributed by atoms with Crippen LogP contribution in [0.4, 0.5) is 5.69 Å². The summed E-state index contributed by atoms with van der Waals surface area (Å²) in [4.78, 5) is 2.53. The van der Waals surface area contributed by atoms with Crippen molar-refractivity contribution in [1.82, 2.24) is 4.90 Å². The van der Waals surface area contributed by atoms with Gasteiger partial charge in [-0.3, -0.25) is 4.90 Å². The minimum atomic E-state index is 0.847. The summed E-state index contributed by atoms with van der Waals surface area (Å²) in [5.74, 6) is 0.847. The Morgan fingerprint density at radius 3 is 3.07 bits per heavy atom. The van der Waals surface area contributed by atoms with Crippen molar-refractivity contribution in [2.24, 2.45) is 5.92 Å². The van der Waals surface area contributed by atoms with Crippen LogP contribution in [-0.4, -0.2) is 18.0 Å². The van der Waals surface area contributed by atoms with Crippen molar-refractivity contribution in [3.8, 4) is 0 Å². The van der Waals surface area contributed by atoms with E-state index < -0.39 is 0 Å². The zero-order valence-electron chi connectivity index (χ0n) is 9.45. The lowest BCUT2D eigenvalue weighted by atomic mass is 10.00. The fraction of sp³-hybridized carbons (Fsp3) is 0.538. The predicted molar refractivity (Wildman–Crippen MR) is 64.5 cm³/mol. The first kappa shape index (κ1) is 10.5. The molecule has 1 heterocycles. The molecule has 0 aliphatic carbocycles. The average molecular weight is 204 g/mol. The van der Waals surface area contributed by atoms with Gasteiger partial charge in [0.2, 0.25) is 0 Å². The maximum atomic E-state index is 5.77. The van der Waals surface area contributed by atoms with E-state index >= 15 is 0 Å². The number of nitrogens with zero attached hydrogens (tertiary/aromatic N) is 1. The van der Waals surface area contributed by atoms with E-state index in [-0.39, 0.29) is 0 Å².